The van der Waals surface area contributed by atoms with E-state index in [2.05, 4.69) is 58.5 Å². The van der Waals surface area contributed by atoms with Gasteiger partial charge >= 0.3 is 0 Å². The second-order valence-electron chi connectivity index (χ2n) is 4.27. The summed E-state index contributed by atoms with van der Waals surface area (Å²) >= 11 is 9.46. The molecule has 0 amide bonds. The quantitative estimate of drug-likeness (QED) is 0.861. The minimum absolute atomic E-state index is 0.190. The van der Waals surface area contributed by atoms with Gasteiger partial charge in [0.2, 0.25) is 0 Å². The Morgan fingerprint density at radius 3 is 2.33 bits per heavy atom. The van der Waals surface area contributed by atoms with E-state index < -0.39 is 0 Å². The molecule has 0 aliphatic heterocycles. The zero-order chi connectivity index (χ0) is 13.1. The lowest BCUT2D eigenvalue weighted by Crippen LogP contribution is -2.18. The van der Waals surface area contributed by atoms with Crippen LogP contribution in [0.15, 0.2) is 46.9 Å². The molecule has 0 fully saturated rings. The molecule has 1 N–H and O–H groups in total. The Morgan fingerprint density at radius 2 is 1.78 bits per heavy atom. The van der Waals surface area contributed by atoms with E-state index in [0.29, 0.717) is 0 Å². The van der Waals surface area contributed by atoms with E-state index in [1.54, 1.807) is 0 Å². The van der Waals surface area contributed by atoms with Gasteiger partial charge in [-0.05, 0) is 54.9 Å². The monoisotopic (exact) mass is 323 g/mol. The van der Waals surface area contributed by atoms with Gasteiger partial charge in [0.05, 0.1) is 6.04 Å². The Labute approximate surface area is 121 Å². The van der Waals surface area contributed by atoms with E-state index in [9.17, 15) is 0 Å². The number of nitrogens with one attached hydrogen (secondary N) is 1. The van der Waals surface area contributed by atoms with Gasteiger partial charge < -0.3 is 5.32 Å². The first-order chi connectivity index (χ1) is 8.61. The maximum Gasteiger partial charge on any atom is 0.0576 e. The number of benzene rings is 2. The molecule has 0 bridgehead atoms. The zero-order valence-corrected chi connectivity index (χ0v) is 12.7. The minimum Gasteiger partial charge on any atom is -0.309 e. The van der Waals surface area contributed by atoms with E-state index in [1.807, 2.05) is 19.2 Å². The molecular formula is C15H15BrClN. The summed E-state index contributed by atoms with van der Waals surface area (Å²) in [6.07, 6.45) is 0. The fourth-order valence-corrected chi connectivity index (χ4v) is 2.61. The van der Waals surface area contributed by atoms with E-state index in [0.717, 1.165) is 9.50 Å². The van der Waals surface area contributed by atoms with Gasteiger partial charge in [0.25, 0.3) is 0 Å². The molecule has 0 aliphatic rings. The maximum absolute atomic E-state index is 6.01. The summed E-state index contributed by atoms with van der Waals surface area (Å²) in [6.45, 7) is 2.09. The highest BCUT2D eigenvalue weighted by Gasteiger charge is 2.14. The van der Waals surface area contributed by atoms with Gasteiger partial charge in [0.15, 0.2) is 0 Å². The maximum atomic E-state index is 6.01. The summed E-state index contributed by atoms with van der Waals surface area (Å²) in [5, 5.41) is 4.14. The fourth-order valence-electron chi connectivity index (χ4n) is 2.12. The third kappa shape index (κ3) is 2.94. The second-order valence-corrected chi connectivity index (χ2v) is 5.63. The standard InChI is InChI=1S/C15H15BrClN/c1-10-9-13(17)7-8-14(10)15(18-2)11-3-5-12(16)6-4-11/h3-9,15,18H,1-2H3. The van der Waals surface area contributed by atoms with E-state index in [4.69, 9.17) is 11.6 Å². The van der Waals surface area contributed by atoms with Crippen LogP contribution in [0.1, 0.15) is 22.7 Å². The van der Waals surface area contributed by atoms with Crippen molar-refractivity contribution in [2.24, 2.45) is 0 Å². The molecule has 0 saturated carbocycles. The summed E-state index contributed by atoms with van der Waals surface area (Å²) in [6, 6.07) is 14.6. The van der Waals surface area contributed by atoms with Gasteiger partial charge in [-0.25, -0.2) is 0 Å². The molecule has 2 rings (SSSR count). The molecule has 1 unspecified atom stereocenters. The van der Waals surface area contributed by atoms with Crippen LogP contribution in [0, 0.1) is 6.92 Å². The van der Waals surface area contributed by atoms with Crippen molar-refractivity contribution in [2.75, 3.05) is 7.05 Å². The van der Waals surface area contributed by atoms with Crippen LogP contribution in [0.3, 0.4) is 0 Å². The highest BCUT2D eigenvalue weighted by atomic mass is 79.9. The van der Waals surface area contributed by atoms with Gasteiger partial charge in [-0.15, -0.1) is 0 Å². The normalized spacial score (nSPS) is 12.4. The van der Waals surface area contributed by atoms with Crippen LogP contribution in [0.5, 0.6) is 0 Å². The highest BCUT2D eigenvalue weighted by Crippen LogP contribution is 2.27. The molecule has 2 aromatic rings. The summed E-state index contributed by atoms with van der Waals surface area (Å²) in [4.78, 5) is 0. The first-order valence-corrected chi connectivity index (χ1v) is 6.97. The Kier molecular flexibility index (Phi) is 4.44. The molecule has 18 heavy (non-hydrogen) atoms. The first kappa shape index (κ1) is 13.6. The molecule has 94 valence electrons. The van der Waals surface area contributed by atoms with Crippen LogP contribution < -0.4 is 5.32 Å². The van der Waals surface area contributed by atoms with Crippen molar-refractivity contribution in [3.8, 4) is 0 Å². The van der Waals surface area contributed by atoms with E-state index in [-0.39, 0.29) is 6.04 Å². The number of hydrogen-bond acceptors (Lipinski definition) is 1. The van der Waals surface area contributed by atoms with Gasteiger partial charge in [-0.2, -0.15) is 0 Å². The molecule has 0 aliphatic carbocycles. The van der Waals surface area contributed by atoms with Crippen molar-refractivity contribution in [2.45, 2.75) is 13.0 Å². The lowest BCUT2D eigenvalue weighted by atomic mass is 9.95. The molecule has 0 heterocycles. The Bertz CT molecular complexity index is 537. The topological polar surface area (TPSA) is 12.0 Å². The van der Waals surface area contributed by atoms with Crippen molar-refractivity contribution >= 4 is 27.5 Å². The zero-order valence-electron chi connectivity index (χ0n) is 10.4. The summed E-state index contributed by atoms with van der Waals surface area (Å²) < 4.78 is 1.09. The van der Waals surface area contributed by atoms with E-state index >= 15 is 0 Å². The van der Waals surface area contributed by atoms with Crippen LogP contribution in [-0.2, 0) is 0 Å². The van der Waals surface area contributed by atoms with Crippen molar-refractivity contribution in [3.63, 3.8) is 0 Å². The average molecular weight is 325 g/mol. The number of aryl methyl sites for hydroxylation is 1. The molecule has 1 nitrogen and oxygen atoms in total. The van der Waals surface area contributed by atoms with Crippen LogP contribution in [0.25, 0.3) is 0 Å². The SMILES string of the molecule is CNC(c1ccc(Br)cc1)c1ccc(Cl)cc1C. The number of rotatable bonds is 3. The van der Waals surface area contributed by atoms with Gasteiger partial charge in [0, 0.05) is 9.50 Å². The molecule has 0 aromatic heterocycles. The fraction of sp³-hybridized carbons (Fsp3) is 0.200. The third-order valence-corrected chi connectivity index (χ3v) is 3.80. The minimum atomic E-state index is 0.190. The van der Waals surface area contributed by atoms with E-state index in [1.165, 1.54) is 16.7 Å². The molecule has 0 saturated heterocycles. The van der Waals surface area contributed by atoms with Crippen LogP contribution >= 0.6 is 27.5 Å². The summed E-state index contributed by atoms with van der Waals surface area (Å²) in [5.74, 6) is 0. The molecule has 3 heteroatoms. The molecule has 1 atom stereocenters. The first-order valence-electron chi connectivity index (χ1n) is 5.80. The highest BCUT2D eigenvalue weighted by molar-refractivity contribution is 9.10. The molecule has 0 spiro atoms. The van der Waals surface area contributed by atoms with Crippen molar-refractivity contribution < 1.29 is 0 Å². The second kappa shape index (κ2) is 5.87. The van der Waals surface area contributed by atoms with Crippen LogP contribution in [-0.4, -0.2) is 7.05 Å². The van der Waals surface area contributed by atoms with Gasteiger partial charge in [-0.3, -0.25) is 0 Å². The van der Waals surface area contributed by atoms with Crippen LogP contribution in [0.4, 0.5) is 0 Å². The molecule has 2 aromatic carbocycles. The van der Waals surface area contributed by atoms with Crippen molar-refractivity contribution in [1.29, 1.82) is 0 Å². The van der Waals surface area contributed by atoms with Crippen molar-refractivity contribution in [1.82, 2.24) is 5.32 Å². The summed E-state index contributed by atoms with van der Waals surface area (Å²) in [7, 11) is 1.97. The average Bonchev–Trinajstić information content (AvgIpc) is 2.35. The Morgan fingerprint density at radius 1 is 1.11 bits per heavy atom. The predicted molar refractivity (Wildman–Crippen MR) is 81.2 cm³/mol. The molecule has 0 radical (unpaired) electrons. The predicted octanol–water partition coefficient (Wildman–Crippen LogP) is 4.72. The smallest absolute Gasteiger partial charge is 0.0576 e. The Hall–Kier alpha value is -0.830. The number of halogens is 2. The van der Waals surface area contributed by atoms with Gasteiger partial charge in [0.1, 0.15) is 0 Å². The summed E-state index contributed by atoms with van der Waals surface area (Å²) in [5.41, 5.74) is 3.69. The van der Waals surface area contributed by atoms with Crippen molar-refractivity contribution in [3.05, 3.63) is 68.7 Å². The number of hydrogen-bond donors (Lipinski definition) is 1. The molecular weight excluding hydrogens is 310 g/mol. The van der Waals surface area contributed by atoms with Crippen LogP contribution in [0.2, 0.25) is 5.02 Å². The van der Waals surface area contributed by atoms with Gasteiger partial charge in [-0.1, -0.05) is 45.7 Å². The lowest BCUT2D eigenvalue weighted by Gasteiger charge is -2.19. The third-order valence-electron chi connectivity index (χ3n) is 3.03. The lowest BCUT2D eigenvalue weighted by molar-refractivity contribution is 0.687. The largest absolute Gasteiger partial charge is 0.309 e. The Balaban J connectivity index is 2.41.